The molecule has 0 heterocycles. The molecule has 0 aromatic heterocycles. The van der Waals surface area contributed by atoms with E-state index in [0.29, 0.717) is 12.0 Å². The van der Waals surface area contributed by atoms with Gasteiger partial charge in [-0.05, 0) is 50.6 Å². The van der Waals surface area contributed by atoms with Crippen molar-refractivity contribution in [2.45, 2.75) is 44.0 Å². The van der Waals surface area contributed by atoms with Gasteiger partial charge in [0, 0.05) is 16.5 Å². The van der Waals surface area contributed by atoms with Crippen molar-refractivity contribution >= 4 is 23.6 Å². The van der Waals surface area contributed by atoms with Crippen LogP contribution in [0, 0.1) is 12.3 Å². The lowest BCUT2D eigenvalue weighted by atomic mass is 9.84. The molecule has 1 amide bonds. The SMILES string of the molecule is CSc1ccc(C)c(C(=O)NC2CCCC2(C)C(=O)O)c1. The first-order valence-electron chi connectivity index (χ1n) is 7.07. The lowest BCUT2D eigenvalue weighted by molar-refractivity contribution is -0.148. The number of hydrogen-bond acceptors (Lipinski definition) is 3. The van der Waals surface area contributed by atoms with Crippen molar-refractivity contribution < 1.29 is 14.7 Å². The topological polar surface area (TPSA) is 66.4 Å². The van der Waals surface area contributed by atoms with Crippen LogP contribution in [0.3, 0.4) is 0 Å². The van der Waals surface area contributed by atoms with E-state index in [2.05, 4.69) is 5.32 Å². The van der Waals surface area contributed by atoms with Gasteiger partial charge in [-0.15, -0.1) is 11.8 Å². The van der Waals surface area contributed by atoms with Crippen molar-refractivity contribution in [2.24, 2.45) is 5.41 Å². The number of rotatable bonds is 4. The van der Waals surface area contributed by atoms with Crippen molar-refractivity contribution in [2.75, 3.05) is 6.26 Å². The number of aryl methyl sites for hydroxylation is 1. The number of nitrogens with one attached hydrogen (secondary N) is 1. The van der Waals surface area contributed by atoms with Crippen LogP contribution in [0.25, 0.3) is 0 Å². The normalized spacial score (nSPS) is 24.8. The van der Waals surface area contributed by atoms with Crippen LogP contribution >= 0.6 is 11.8 Å². The lowest BCUT2D eigenvalue weighted by Crippen LogP contribution is -2.47. The van der Waals surface area contributed by atoms with Gasteiger partial charge in [-0.1, -0.05) is 12.5 Å². The molecule has 114 valence electrons. The van der Waals surface area contributed by atoms with Gasteiger partial charge in [-0.2, -0.15) is 0 Å². The monoisotopic (exact) mass is 307 g/mol. The molecule has 0 bridgehead atoms. The smallest absolute Gasteiger partial charge is 0.311 e. The molecule has 21 heavy (non-hydrogen) atoms. The minimum Gasteiger partial charge on any atom is -0.481 e. The number of carboxylic acids is 1. The van der Waals surface area contributed by atoms with Crippen LogP contribution in [-0.2, 0) is 4.79 Å². The van der Waals surface area contributed by atoms with Crippen LogP contribution in [0.2, 0.25) is 0 Å². The van der Waals surface area contributed by atoms with Crippen molar-refractivity contribution in [3.05, 3.63) is 29.3 Å². The summed E-state index contributed by atoms with van der Waals surface area (Å²) >= 11 is 1.58. The number of carbonyl (C=O) groups is 2. The van der Waals surface area contributed by atoms with Crippen LogP contribution in [0.1, 0.15) is 42.1 Å². The van der Waals surface area contributed by atoms with Crippen molar-refractivity contribution in [3.63, 3.8) is 0 Å². The van der Waals surface area contributed by atoms with E-state index >= 15 is 0 Å². The fourth-order valence-electron chi connectivity index (χ4n) is 2.86. The molecule has 0 radical (unpaired) electrons. The molecule has 5 heteroatoms. The van der Waals surface area contributed by atoms with Gasteiger partial charge in [-0.25, -0.2) is 0 Å². The van der Waals surface area contributed by atoms with Crippen LogP contribution in [0.4, 0.5) is 0 Å². The molecule has 4 nitrogen and oxygen atoms in total. The summed E-state index contributed by atoms with van der Waals surface area (Å²) in [4.78, 5) is 25.0. The van der Waals surface area contributed by atoms with Gasteiger partial charge >= 0.3 is 5.97 Å². The third-order valence-corrected chi connectivity index (χ3v) is 5.17. The van der Waals surface area contributed by atoms with Gasteiger partial charge in [0.15, 0.2) is 0 Å². The summed E-state index contributed by atoms with van der Waals surface area (Å²) in [6, 6.07) is 5.46. The zero-order valence-electron chi connectivity index (χ0n) is 12.6. The van der Waals surface area contributed by atoms with E-state index in [4.69, 9.17) is 0 Å². The first kappa shape index (κ1) is 15.9. The van der Waals surface area contributed by atoms with Crippen molar-refractivity contribution in [1.82, 2.24) is 5.32 Å². The van der Waals surface area contributed by atoms with Crippen LogP contribution in [-0.4, -0.2) is 29.3 Å². The molecular formula is C16H21NO3S. The predicted octanol–water partition coefficient (Wildman–Crippen LogP) is 3.09. The maximum Gasteiger partial charge on any atom is 0.311 e. The molecule has 1 aliphatic carbocycles. The van der Waals surface area contributed by atoms with E-state index in [-0.39, 0.29) is 11.9 Å². The standard InChI is InChI=1S/C16H21NO3S/c1-10-6-7-11(21-3)9-12(10)14(18)17-13-5-4-8-16(13,2)15(19)20/h6-7,9,13H,4-5,8H2,1-3H3,(H,17,18)(H,19,20). The Balaban J connectivity index is 2.20. The summed E-state index contributed by atoms with van der Waals surface area (Å²) in [5, 5.41) is 12.3. The zero-order valence-corrected chi connectivity index (χ0v) is 13.4. The van der Waals surface area contributed by atoms with Gasteiger partial charge in [0.25, 0.3) is 5.91 Å². The molecule has 1 fully saturated rings. The van der Waals surface area contributed by atoms with Gasteiger partial charge in [0.05, 0.1) is 5.41 Å². The number of carbonyl (C=O) groups excluding carboxylic acids is 1. The van der Waals surface area contributed by atoms with E-state index in [1.165, 1.54) is 0 Å². The number of thioether (sulfide) groups is 1. The third kappa shape index (κ3) is 3.07. The van der Waals surface area contributed by atoms with E-state index in [1.807, 2.05) is 31.4 Å². The van der Waals surface area contributed by atoms with Gasteiger partial charge in [0.1, 0.15) is 0 Å². The highest BCUT2D eigenvalue weighted by Gasteiger charge is 2.46. The molecule has 2 rings (SSSR count). The molecule has 0 aliphatic heterocycles. The highest BCUT2D eigenvalue weighted by atomic mass is 32.2. The van der Waals surface area contributed by atoms with Gasteiger partial charge < -0.3 is 10.4 Å². The average Bonchev–Trinajstić information content (AvgIpc) is 2.82. The average molecular weight is 307 g/mol. The van der Waals surface area contributed by atoms with Gasteiger partial charge in [0.2, 0.25) is 0 Å². The summed E-state index contributed by atoms with van der Waals surface area (Å²) in [6.45, 7) is 3.61. The number of benzene rings is 1. The number of aliphatic carboxylic acids is 1. The fraction of sp³-hybridized carbons (Fsp3) is 0.500. The first-order valence-corrected chi connectivity index (χ1v) is 8.30. The Morgan fingerprint density at radius 1 is 1.43 bits per heavy atom. The second-order valence-corrected chi connectivity index (χ2v) is 6.70. The summed E-state index contributed by atoms with van der Waals surface area (Å²) in [5.74, 6) is -1.01. The molecule has 2 unspecified atom stereocenters. The van der Waals surface area contributed by atoms with Crippen molar-refractivity contribution in [1.29, 1.82) is 0 Å². The fourth-order valence-corrected chi connectivity index (χ4v) is 3.30. The zero-order chi connectivity index (χ0) is 15.6. The Kier molecular flexibility index (Phi) is 4.61. The Morgan fingerprint density at radius 3 is 2.76 bits per heavy atom. The molecule has 1 saturated carbocycles. The summed E-state index contributed by atoms with van der Waals surface area (Å²) in [5.41, 5.74) is 0.669. The van der Waals surface area contributed by atoms with Crippen LogP contribution in [0.15, 0.2) is 23.1 Å². The molecule has 0 spiro atoms. The second kappa shape index (κ2) is 6.10. The number of carboxylic acid groups (broad SMARTS) is 1. The highest BCUT2D eigenvalue weighted by molar-refractivity contribution is 7.98. The largest absolute Gasteiger partial charge is 0.481 e. The molecular weight excluding hydrogens is 286 g/mol. The van der Waals surface area contributed by atoms with Crippen LogP contribution in [0.5, 0.6) is 0 Å². The molecule has 1 aromatic carbocycles. The van der Waals surface area contributed by atoms with Gasteiger partial charge in [-0.3, -0.25) is 9.59 Å². The number of amides is 1. The maximum atomic E-state index is 12.5. The Hall–Kier alpha value is -1.49. The van der Waals surface area contributed by atoms with Crippen molar-refractivity contribution in [3.8, 4) is 0 Å². The Morgan fingerprint density at radius 2 is 2.14 bits per heavy atom. The molecule has 2 N–H and O–H groups in total. The number of hydrogen-bond donors (Lipinski definition) is 2. The van der Waals surface area contributed by atoms with Crippen LogP contribution < -0.4 is 5.32 Å². The quantitative estimate of drug-likeness (QED) is 0.839. The Bertz CT molecular complexity index is 573. The van der Waals surface area contributed by atoms with E-state index < -0.39 is 11.4 Å². The summed E-state index contributed by atoms with van der Waals surface area (Å²) < 4.78 is 0. The Labute approximate surface area is 129 Å². The highest BCUT2D eigenvalue weighted by Crippen LogP contribution is 2.38. The lowest BCUT2D eigenvalue weighted by Gasteiger charge is -2.28. The predicted molar refractivity (Wildman–Crippen MR) is 83.8 cm³/mol. The minimum absolute atomic E-state index is 0.178. The summed E-state index contributed by atoms with van der Waals surface area (Å²) in [6.07, 6.45) is 4.12. The second-order valence-electron chi connectivity index (χ2n) is 5.82. The van der Waals surface area contributed by atoms with E-state index in [1.54, 1.807) is 18.7 Å². The third-order valence-electron chi connectivity index (χ3n) is 4.44. The van der Waals surface area contributed by atoms with E-state index in [9.17, 15) is 14.7 Å². The molecule has 1 aromatic rings. The molecule has 1 aliphatic rings. The molecule has 2 atom stereocenters. The minimum atomic E-state index is -0.860. The maximum absolute atomic E-state index is 12.5. The summed E-state index contributed by atoms with van der Waals surface area (Å²) in [7, 11) is 0. The molecule has 0 saturated heterocycles. The van der Waals surface area contributed by atoms with E-state index in [0.717, 1.165) is 23.3 Å². The first-order chi connectivity index (χ1) is 9.88.